The maximum absolute atomic E-state index is 12.3. The second kappa shape index (κ2) is 7.47. The monoisotopic (exact) mass is 354 g/mol. The highest BCUT2D eigenvalue weighted by molar-refractivity contribution is 5.91. The van der Waals surface area contributed by atoms with Gasteiger partial charge in [0.25, 0.3) is 0 Å². The fourth-order valence-electron chi connectivity index (χ4n) is 2.74. The fourth-order valence-corrected chi connectivity index (χ4v) is 2.74. The van der Waals surface area contributed by atoms with E-state index in [9.17, 15) is 9.59 Å². The van der Waals surface area contributed by atoms with Crippen molar-refractivity contribution in [2.45, 2.75) is 39.8 Å². The van der Waals surface area contributed by atoms with Crippen molar-refractivity contribution in [1.29, 1.82) is 0 Å². The molecule has 26 heavy (non-hydrogen) atoms. The molecule has 3 rings (SSSR count). The Morgan fingerprint density at radius 2 is 1.92 bits per heavy atom. The lowest BCUT2D eigenvalue weighted by molar-refractivity contribution is -0.128. The number of rotatable bonds is 6. The lowest BCUT2D eigenvalue weighted by Gasteiger charge is -2.13. The summed E-state index contributed by atoms with van der Waals surface area (Å²) in [4.78, 5) is 24.4. The zero-order chi connectivity index (χ0) is 18.7. The summed E-state index contributed by atoms with van der Waals surface area (Å²) in [6.07, 6.45) is 3.31. The molecule has 2 N–H and O–H groups in total. The smallest absolute Gasteiger partial charge is 0.242 e. The number of carbonyl (C=O) groups excluding carboxylic acids is 2. The first-order valence-corrected chi connectivity index (χ1v) is 8.51. The Labute approximate surface area is 151 Å². The van der Waals surface area contributed by atoms with Crippen molar-refractivity contribution in [2.75, 3.05) is 0 Å². The maximum atomic E-state index is 12.3. The molecule has 1 atom stereocenters. The van der Waals surface area contributed by atoms with E-state index in [-0.39, 0.29) is 24.8 Å². The molecule has 3 aromatic rings. The van der Waals surface area contributed by atoms with E-state index in [0.29, 0.717) is 5.76 Å². The van der Waals surface area contributed by atoms with Crippen molar-refractivity contribution in [3.8, 4) is 0 Å². The van der Waals surface area contributed by atoms with Crippen molar-refractivity contribution in [2.24, 2.45) is 0 Å². The van der Waals surface area contributed by atoms with Gasteiger partial charge in [-0.25, -0.2) is 0 Å². The molecule has 0 spiro atoms. The Balaban J connectivity index is 1.58. The topological polar surface area (TPSA) is 84.5 Å². The Kier molecular flexibility index (Phi) is 5.11. The van der Waals surface area contributed by atoms with Crippen LogP contribution >= 0.6 is 0 Å². The minimum atomic E-state index is -0.639. The molecule has 0 fully saturated rings. The molecule has 136 valence electrons. The summed E-state index contributed by atoms with van der Waals surface area (Å²) in [7, 11) is 0. The highest BCUT2D eigenvalue weighted by atomic mass is 16.3. The third kappa shape index (κ3) is 3.96. The molecule has 0 radical (unpaired) electrons. The Morgan fingerprint density at radius 1 is 1.15 bits per heavy atom. The molecule has 0 saturated carbocycles. The molecule has 2 amide bonds. The van der Waals surface area contributed by atoms with Crippen LogP contribution in [0, 0.1) is 13.8 Å². The van der Waals surface area contributed by atoms with Crippen molar-refractivity contribution >= 4 is 22.8 Å². The van der Waals surface area contributed by atoms with Gasteiger partial charge in [-0.05, 0) is 56.2 Å². The lowest BCUT2D eigenvalue weighted by atomic mass is 10.0. The molecule has 6 heteroatoms. The van der Waals surface area contributed by atoms with Crippen LogP contribution in [0.5, 0.6) is 0 Å². The quantitative estimate of drug-likeness (QED) is 0.713. The van der Waals surface area contributed by atoms with Crippen molar-refractivity contribution < 1.29 is 18.4 Å². The minimum Gasteiger partial charge on any atom is -0.467 e. The molecule has 0 aliphatic rings. The van der Waals surface area contributed by atoms with Crippen LogP contribution in [-0.4, -0.2) is 17.9 Å². The van der Waals surface area contributed by atoms with Crippen LogP contribution in [-0.2, 0) is 22.6 Å². The number of fused-ring (bicyclic) bond motifs is 1. The van der Waals surface area contributed by atoms with E-state index in [4.69, 9.17) is 8.83 Å². The van der Waals surface area contributed by atoms with Crippen LogP contribution in [0.2, 0.25) is 0 Å². The van der Waals surface area contributed by atoms with Gasteiger partial charge in [-0.3, -0.25) is 9.59 Å². The number of carbonyl (C=O) groups is 2. The van der Waals surface area contributed by atoms with Gasteiger partial charge >= 0.3 is 0 Å². The van der Waals surface area contributed by atoms with Gasteiger partial charge in [-0.1, -0.05) is 0 Å². The predicted molar refractivity (Wildman–Crippen MR) is 97.6 cm³/mol. The van der Waals surface area contributed by atoms with Gasteiger partial charge in [0.05, 0.1) is 25.5 Å². The summed E-state index contributed by atoms with van der Waals surface area (Å²) in [6, 6.07) is 6.88. The second-order valence-electron chi connectivity index (χ2n) is 6.46. The second-order valence-corrected chi connectivity index (χ2v) is 6.46. The lowest BCUT2D eigenvalue weighted by Crippen LogP contribution is -2.45. The number of aryl methyl sites for hydroxylation is 2. The van der Waals surface area contributed by atoms with Gasteiger partial charge in [-0.15, -0.1) is 0 Å². The summed E-state index contributed by atoms with van der Waals surface area (Å²) in [5.41, 5.74) is 3.86. The zero-order valence-electron chi connectivity index (χ0n) is 15.1. The first kappa shape index (κ1) is 17.8. The highest BCUT2D eigenvalue weighted by Gasteiger charge is 2.17. The molecule has 0 aliphatic carbocycles. The van der Waals surface area contributed by atoms with Gasteiger partial charge in [-0.2, -0.15) is 0 Å². The van der Waals surface area contributed by atoms with Crippen LogP contribution in [0.15, 0.2) is 45.6 Å². The van der Waals surface area contributed by atoms with Crippen LogP contribution in [0.3, 0.4) is 0 Å². The normalized spacial score (nSPS) is 12.1. The summed E-state index contributed by atoms with van der Waals surface area (Å²) < 4.78 is 10.7. The molecule has 0 aliphatic heterocycles. The largest absolute Gasteiger partial charge is 0.467 e. The third-order valence-electron chi connectivity index (χ3n) is 4.41. The summed E-state index contributed by atoms with van der Waals surface area (Å²) >= 11 is 0. The minimum absolute atomic E-state index is 0.158. The highest BCUT2D eigenvalue weighted by Crippen LogP contribution is 2.25. The van der Waals surface area contributed by atoms with Crippen molar-refractivity contribution in [3.05, 3.63) is 59.2 Å². The van der Waals surface area contributed by atoms with Gasteiger partial charge in [0.1, 0.15) is 17.4 Å². The number of nitrogens with one attached hydrogen (secondary N) is 2. The maximum Gasteiger partial charge on any atom is 0.242 e. The summed E-state index contributed by atoms with van der Waals surface area (Å²) in [5, 5.41) is 6.37. The van der Waals surface area contributed by atoms with E-state index in [1.54, 1.807) is 31.6 Å². The predicted octanol–water partition coefficient (Wildman–Crippen LogP) is 3.01. The van der Waals surface area contributed by atoms with E-state index < -0.39 is 6.04 Å². The first-order valence-electron chi connectivity index (χ1n) is 8.51. The first-order chi connectivity index (χ1) is 12.4. The number of amides is 2. The average molecular weight is 354 g/mol. The molecular weight excluding hydrogens is 332 g/mol. The van der Waals surface area contributed by atoms with E-state index in [1.807, 2.05) is 26.0 Å². The molecule has 0 saturated heterocycles. The van der Waals surface area contributed by atoms with Crippen LogP contribution in [0.25, 0.3) is 11.0 Å². The number of hydrogen-bond acceptors (Lipinski definition) is 4. The van der Waals surface area contributed by atoms with E-state index in [0.717, 1.165) is 27.7 Å². The molecular formula is C20H22N2O4. The summed E-state index contributed by atoms with van der Waals surface area (Å²) in [5.74, 6) is 0.164. The number of benzene rings is 1. The summed E-state index contributed by atoms with van der Waals surface area (Å²) in [6.45, 7) is 5.98. The zero-order valence-corrected chi connectivity index (χ0v) is 15.1. The van der Waals surface area contributed by atoms with Gasteiger partial charge in [0, 0.05) is 10.9 Å². The van der Waals surface area contributed by atoms with Crippen molar-refractivity contribution in [1.82, 2.24) is 10.6 Å². The van der Waals surface area contributed by atoms with Gasteiger partial charge in [0.2, 0.25) is 11.8 Å². The average Bonchev–Trinajstić information content (AvgIpc) is 3.24. The number of furan rings is 2. The fraction of sp³-hybridized carbons (Fsp3) is 0.300. The van der Waals surface area contributed by atoms with Crippen LogP contribution < -0.4 is 10.6 Å². The van der Waals surface area contributed by atoms with Crippen molar-refractivity contribution in [3.63, 3.8) is 0 Å². The third-order valence-corrected chi connectivity index (χ3v) is 4.41. The molecule has 1 unspecified atom stereocenters. The Hall–Kier alpha value is -3.02. The van der Waals surface area contributed by atoms with E-state index in [1.165, 1.54) is 0 Å². The van der Waals surface area contributed by atoms with Crippen LogP contribution in [0.4, 0.5) is 0 Å². The number of hydrogen-bond donors (Lipinski definition) is 2. The van der Waals surface area contributed by atoms with E-state index >= 15 is 0 Å². The van der Waals surface area contributed by atoms with E-state index in [2.05, 4.69) is 10.6 Å². The Bertz CT molecular complexity index is 925. The molecule has 1 aromatic carbocycles. The molecule has 2 heterocycles. The van der Waals surface area contributed by atoms with Gasteiger partial charge < -0.3 is 19.5 Å². The Morgan fingerprint density at radius 3 is 2.65 bits per heavy atom. The molecule has 0 bridgehead atoms. The van der Waals surface area contributed by atoms with Gasteiger partial charge in [0.15, 0.2) is 0 Å². The SMILES string of the molecule is Cc1cc2occ(CC(=O)NC(C)C(=O)NCc3ccco3)c2cc1C. The molecule has 2 aromatic heterocycles. The standard InChI is InChI=1S/C20H22N2O4/c1-12-7-17-15(11-26-18(17)8-13(12)2)9-19(23)22-14(3)20(24)21-10-16-5-4-6-25-16/h4-8,11,14H,9-10H2,1-3H3,(H,21,24)(H,22,23). The van der Waals surface area contributed by atoms with Crippen LogP contribution in [0.1, 0.15) is 29.4 Å². The molecule has 6 nitrogen and oxygen atoms in total.